The summed E-state index contributed by atoms with van der Waals surface area (Å²) >= 11 is 0. The molecule has 0 spiro atoms. The fourth-order valence-corrected chi connectivity index (χ4v) is 3.22. The maximum absolute atomic E-state index is 12.5. The number of carbonyl (C=O) groups excluding carboxylic acids is 2. The SMILES string of the molecule is O=C(CCC(=O)c1ccccc1)NC(CN1CCOCC1)c1ccccc1. The van der Waals surface area contributed by atoms with E-state index in [0.29, 0.717) is 5.56 Å². The highest BCUT2D eigenvalue weighted by Gasteiger charge is 2.20. The molecule has 1 N–H and O–H groups in total. The van der Waals surface area contributed by atoms with Crippen LogP contribution in [0.5, 0.6) is 0 Å². The van der Waals surface area contributed by atoms with Gasteiger partial charge in [-0.05, 0) is 5.56 Å². The van der Waals surface area contributed by atoms with Crippen molar-refractivity contribution < 1.29 is 14.3 Å². The van der Waals surface area contributed by atoms with E-state index in [2.05, 4.69) is 10.2 Å². The number of ketones is 1. The average molecular weight is 366 g/mol. The van der Waals surface area contributed by atoms with Crippen LogP contribution in [0.2, 0.25) is 0 Å². The minimum absolute atomic E-state index is 0.00445. The van der Waals surface area contributed by atoms with Crippen molar-refractivity contribution >= 4 is 11.7 Å². The van der Waals surface area contributed by atoms with E-state index in [4.69, 9.17) is 4.74 Å². The Labute approximate surface area is 160 Å². The van der Waals surface area contributed by atoms with E-state index in [1.165, 1.54) is 0 Å². The standard InChI is InChI=1S/C22H26N2O3/c25-21(19-9-5-2-6-10-19)11-12-22(26)23-20(18-7-3-1-4-8-18)17-24-13-15-27-16-14-24/h1-10,20H,11-17H2,(H,23,26). The van der Waals surface area contributed by atoms with Crippen molar-refractivity contribution in [2.45, 2.75) is 18.9 Å². The van der Waals surface area contributed by atoms with Crippen molar-refractivity contribution in [2.24, 2.45) is 0 Å². The van der Waals surface area contributed by atoms with E-state index >= 15 is 0 Å². The first-order valence-electron chi connectivity index (χ1n) is 9.45. The molecule has 0 aliphatic carbocycles. The highest BCUT2D eigenvalue weighted by molar-refractivity contribution is 5.97. The maximum atomic E-state index is 12.5. The molecular formula is C22H26N2O3. The fraction of sp³-hybridized carbons (Fsp3) is 0.364. The van der Waals surface area contributed by atoms with Gasteiger partial charge >= 0.3 is 0 Å². The molecule has 142 valence electrons. The van der Waals surface area contributed by atoms with Crippen molar-refractivity contribution in [3.8, 4) is 0 Å². The quantitative estimate of drug-likeness (QED) is 0.730. The second-order valence-corrected chi connectivity index (χ2v) is 6.73. The molecule has 2 aromatic carbocycles. The number of ether oxygens (including phenoxy) is 1. The number of rotatable bonds is 8. The van der Waals surface area contributed by atoms with Crippen LogP contribution in [0.4, 0.5) is 0 Å². The summed E-state index contributed by atoms with van der Waals surface area (Å²) in [5.41, 5.74) is 1.73. The van der Waals surface area contributed by atoms with Crippen molar-refractivity contribution in [2.75, 3.05) is 32.8 Å². The number of benzene rings is 2. The monoisotopic (exact) mass is 366 g/mol. The summed E-state index contributed by atoms with van der Waals surface area (Å²) in [7, 11) is 0. The van der Waals surface area contributed by atoms with Gasteiger partial charge in [0.1, 0.15) is 0 Å². The molecule has 0 aromatic heterocycles. The molecule has 3 rings (SSSR count). The molecule has 5 heteroatoms. The third-order valence-corrected chi connectivity index (χ3v) is 4.76. The van der Waals surface area contributed by atoms with Gasteiger partial charge < -0.3 is 10.1 Å². The van der Waals surface area contributed by atoms with E-state index in [1.54, 1.807) is 12.1 Å². The van der Waals surface area contributed by atoms with Crippen LogP contribution in [0.25, 0.3) is 0 Å². The Morgan fingerprint density at radius 2 is 1.56 bits per heavy atom. The Kier molecular flexibility index (Phi) is 7.13. The highest BCUT2D eigenvalue weighted by atomic mass is 16.5. The number of hydrogen-bond acceptors (Lipinski definition) is 4. The Bertz CT molecular complexity index is 728. The average Bonchev–Trinajstić information content (AvgIpc) is 2.73. The Balaban J connectivity index is 1.57. The molecule has 1 aliphatic heterocycles. The normalized spacial score (nSPS) is 15.9. The molecule has 5 nitrogen and oxygen atoms in total. The van der Waals surface area contributed by atoms with E-state index in [0.717, 1.165) is 38.4 Å². The lowest BCUT2D eigenvalue weighted by Gasteiger charge is -2.31. The van der Waals surface area contributed by atoms with Gasteiger partial charge in [-0.15, -0.1) is 0 Å². The summed E-state index contributed by atoms with van der Waals surface area (Å²) in [4.78, 5) is 27.0. The minimum Gasteiger partial charge on any atom is -0.379 e. The Morgan fingerprint density at radius 1 is 0.926 bits per heavy atom. The van der Waals surface area contributed by atoms with Gasteiger partial charge in [-0.3, -0.25) is 14.5 Å². The summed E-state index contributed by atoms with van der Waals surface area (Å²) in [6.07, 6.45) is 0.412. The first kappa shape index (κ1) is 19.3. The van der Waals surface area contributed by atoms with Gasteiger partial charge in [-0.25, -0.2) is 0 Å². The van der Waals surface area contributed by atoms with E-state index in [9.17, 15) is 9.59 Å². The van der Waals surface area contributed by atoms with E-state index < -0.39 is 0 Å². The molecule has 1 fully saturated rings. The van der Waals surface area contributed by atoms with Gasteiger partial charge in [-0.2, -0.15) is 0 Å². The predicted molar refractivity (Wildman–Crippen MR) is 105 cm³/mol. The maximum Gasteiger partial charge on any atom is 0.220 e. The zero-order chi connectivity index (χ0) is 18.9. The van der Waals surface area contributed by atoms with Crippen LogP contribution in [0, 0.1) is 0 Å². The fourth-order valence-electron chi connectivity index (χ4n) is 3.22. The zero-order valence-corrected chi connectivity index (χ0v) is 15.5. The predicted octanol–water partition coefficient (Wildman–Crippen LogP) is 2.84. The van der Waals surface area contributed by atoms with Crippen LogP contribution in [0.1, 0.15) is 34.8 Å². The number of carbonyl (C=O) groups is 2. The van der Waals surface area contributed by atoms with Crippen LogP contribution in [-0.4, -0.2) is 49.4 Å². The number of hydrogen-bond donors (Lipinski definition) is 1. The van der Waals surface area contributed by atoms with Gasteiger partial charge in [0.05, 0.1) is 19.3 Å². The van der Waals surface area contributed by atoms with Crippen LogP contribution >= 0.6 is 0 Å². The van der Waals surface area contributed by atoms with Gasteiger partial charge in [0.2, 0.25) is 5.91 Å². The topological polar surface area (TPSA) is 58.6 Å². The van der Waals surface area contributed by atoms with Crippen LogP contribution in [-0.2, 0) is 9.53 Å². The summed E-state index contributed by atoms with van der Waals surface area (Å²) in [6.45, 7) is 3.92. The molecule has 27 heavy (non-hydrogen) atoms. The molecule has 1 atom stereocenters. The molecular weight excluding hydrogens is 340 g/mol. The summed E-state index contributed by atoms with van der Waals surface area (Å²) in [6, 6.07) is 19.0. The smallest absolute Gasteiger partial charge is 0.220 e. The number of nitrogens with zero attached hydrogens (tertiary/aromatic N) is 1. The molecule has 1 unspecified atom stereocenters. The van der Waals surface area contributed by atoms with E-state index in [1.807, 2.05) is 48.5 Å². The minimum atomic E-state index is -0.0959. The van der Waals surface area contributed by atoms with Crippen molar-refractivity contribution in [3.63, 3.8) is 0 Å². The zero-order valence-electron chi connectivity index (χ0n) is 15.5. The molecule has 1 aliphatic rings. The van der Waals surface area contributed by atoms with Gasteiger partial charge in [0, 0.05) is 38.0 Å². The first-order valence-corrected chi connectivity index (χ1v) is 9.45. The molecule has 0 bridgehead atoms. The second kappa shape index (κ2) is 10.00. The van der Waals surface area contributed by atoms with E-state index in [-0.39, 0.29) is 30.6 Å². The number of morpholine rings is 1. The van der Waals surface area contributed by atoms with Gasteiger partial charge in [0.25, 0.3) is 0 Å². The second-order valence-electron chi connectivity index (χ2n) is 6.73. The number of amides is 1. The number of nitrogens with one attached hydrogen (secondary N) is 1. The molecule has 1 saturated heterocycles. The lowest BCUT2D eigenvalue weighted by atomic mass is 10.0. The van der Waals surface area contributed by atoms with Crippen molar-refractivity contribution in [1.82, 2.24) is 10.2 Å². The van der Waals surface area contributed by atoms with Crippen LogP contribution in [0.15, 0.2) is 60.7 Å². The largest absolute Gasteiger partial charge is 0.379 e. The summed E-state index contributed by atoms with van der Waals surface area (Å²) < 4.78 is 5.41. The number of Topliss-reactive ketones (excluding diaryl/α,β-unsaturated/α-hetero) is 1. The van der Waals surface area contributed by atoms with Gasteiger partial charge in [-0.1, -0.05) is 60.7 Å². The molecule has 1 heterocycles. The third-order valence-electron chi connectivity index (χ3n) is 4.76. The summed E-state index contributed by atoms with van der Waals surface area (Å²) in [5, 5.41) is 3.11. The summed E-state index contributed by atoms with van der Waals surface area (Å²) in [5.74, 6) is -0.100. The molecule has 2 aromatic rings. The molecule has 1 amide bonds. The Hall–Kier alpha value is -2.50. The first-order chi connectivity index (χ1) is 13.2. The Morgan fingerprint density at radius 3 is 2.22 bits per heavy atom. The molecule has 0 saturated carbocycles. The molecule has 0 radical (unpaired) electrons. The third kappa shape index (κ3) is 6.01. The van der Waals surface area contributed by atoms with Crippen LogP contribution < -0.4 is 5.32 Å². The van der Waals surface area contributed by atoms with Crippen molar-refractivity contribution in [3.05, 3.63) is 71.8 Å². The lowest BCUT2D eigenvalue weighted by Crippen LogP contribution is -2.43. The van der Waals surface area contributed by atoms with Crippen molar-refractivity contribution in [1.29, 1.82) is 0 Å². The lowest BCUT2D eigenvalue weighted by molar-refractivity contribution is -0.122. The van der Waals surface area contributed by atoms with Gasteiger partial charge in [0.15, 0.2) is 5.78 Å². The van der Waals surface area contributed by atoms with Crippen LogP contribution in [0.3, 0.4) is 0 Å². The highest BCUT2D eigenvalue weighted by Crippen LogP contribution is 2.16.